The Morgan fingerprint density at radius 2 is 2.20 bits per heavy atom. The number of nitrogens with zero attached hydrogens (tertiary/aromatic N) is 2. The zero-order valence-electron chi connectivity index (χ0n) is 9.21. The summed E-state index contributed by atoms with van der Waals surface area (Å²) in [4.78, 5) is 10.9. The molecule has 0 radical (unpaired) electrons. The van der Waals surface area contributed by atoms with E-state index in [4.69, 9.17) is 10.8 Å². The lowest BCUT2D eigenvalue weighted by Gasteiger charge is -2.24. The SMILES string of the molecule is CC(C)C(c1ccnn1C)C(N)C(=O)O. The third kappa shape index (κ3) is 2.36. The highest BCUT2D eigenvalue weighted by Crippen LogP contribution is 2.26. The first kappa shape index (κ1) is 11.7. The summed E-state index contributed by atoms with van der Waals surface area (Å²) >= 11 is 0. The van der Waals surface area contributed by atoms with Crippen LogP contribution in [0.4, 0.5) is 0 Å². The molecule has 3 N–H and O–H groups in total. The third-order valence-electron chi connectivity index (χ3n) is 2.59. The minimum absolute atomic E-state index is 0.159. The van der Waals surface area contributed by atoms with Crippen LogP contribution in [-0.2, 0) is 11.8 Å². The number of carbonyl (C=O) groups is 1. The summed E-state index contributed by atoms with van der Waals surface area (Å²) < 4.78 is 1.67. The van der Waals surface area contributed by atoms with E-state index in [1.165, 1.54) is 0 Å². The van der Waals surface area contributed by atoms with E-state index in [9.17, 15) is 4.79 Å². The van der Waals surface area contributed by atoms with Crippen molar-refractivity contribution in [2.45, 2.75) is 25.8 Å². The molecule has 0 aromatic carbocycles. The predicted octanol–water partition coefficient (Wildman–Crippen LogP) is 0.572. The van der Waals surface area contributed by atoms with Gasteiger partial charge in [0.05, 0.1) is 0 Å². The van der Waals surface area contributed by atoms with E-state index in [1.807, 2.05) is 19.9 Å². The van der Waals surface area contributed by atoms with Crippen molar-refractivity contribution in [3.8, 4) is 0 Å². The standard InChI is InChI=1S/C10H17N3O2/c1-6(2)8(9(11)10(14)15)7-4-5-12-13(7)3/h4-6,8-9H,11H2,1-3H3,(H,14,15). The Labute approximate surface area is 88.9 Å². The number of nitrogens with two attached hydrogens (primary N) is 1. The number of aryl methyl sites for hydroxylation is 1. The van der Waals surface area contributed by atoms with Crippen LogP contribution < -0.4 is 5.73 Å². The molecule has 0 aliphatic rings. The summed E-state index contributed by atoms with van der Waals surface area (Å²) in [5.74, 6) is -1.03. The minimum atomic E-state index is -0.977. The molecular weight excluding hydrogens is 194 g/mol. The van der Waals surface area contributed by atoms with Gasteiger partial charge in [0.15, 0.2) is 0 Å². The number of aromatic nitrogens is 2. The van der Waals surface area contributed by atoms with Gasteiger partial charge in [-0.05, 0) is 12.0 Å². The molecule has 2 unspecified atom stereocenters. The third-order valence-corrected chi connectivity index (χ3v) is 2.59. The molecule has 0 fully saturated rings. The largest absolute Gasteiger partial charge is 0.480 e. The molecule has 0 bridgehead atoms. The molecule has 0 amide bonds. The van der Waals surface area contributed by atoms with E-state index >= 15 is 0 Å². The van der Waals surface area contributed by atoms with Crippen LogP contribution in [0, 0.1) is 5.92 Å². The van der Waals surface area contributed by atoms with E-state index in [1.54, 1.807) is 17.9 Å². The van der Waals surface area contributed by atoms with Gasteiger partial charge in [-0.3, -0.25) is 9.48 Å². The summed E-state index contributed by atoms with van der Waals surface area (Å²) in [7, 11) is 1.79. The molecule has 1 aromatic rings. The number of rotatable bonds is 4. The summed E-state index contributed by atoms with van der Waals surface area (Å²) in [6, 6.07) is 0.924. The Balaban J connectivity index is 3.04. The first-order valence-electron chi connectivity index (χ1n) is 4.91. The van der Waals surface area contributed by atoms with Crippen molar-refractivity contribution in [3.63, 3.8) is 0 Å². The predicted molar refractivity (Wildman–Crippen MR) is 56.4 cm³/mol. The van der Waals surface area contributed by atoms with Gasteiger partial charge in [-0.15, -0.1) is 0 Å². The van der Waals surface area contributed by atoms with E-state index in [2.05, 4.69) is 5.10 Å². The number of hydrogen-bond donors (Lipinski definition) is 2. The summed E-state index contributed by atoms with van der Waals surface area (Å²) in [6.45, 7) is 3.92. The Morgan fingerprint density at radius 3 is 2.53 bits per heavy atom. The van der Waals surface area contributed by atoms with Crippen molar-refractivity contribution in [2.24, 2.45) is 18.7 Å². The number of hydrogen-bond acceptors (Lipinski definition) is 3. The van der Waals surface area contributed by atoms with Crippen LogP contribution in [0.25, 0.3) is 0 Å². The zero-order chi connectivity index (χ0) is 11.6. The molecular formula is C10H17N3O2. The van der Waals surface area contributed by atoms with Gasteiger partial charge in [0, 0.05) is 24.9 Å². The van der Waals surface area contributed by atoms with Gasteiger partial charge < -0.3 is 10.8 Å². The average molecular weight is 211 g/mol. The topological polar surface area (TPSA) is 81.1 Å². The van der Waals surface area contributed by atoms with Gasteiger partial charge in [0.2, 0.25) is 0 Å². The molecule has 15 heavy (non-hydrogen) atoms. The maximum absolute atomic E-state index is 10.9. The second kappa shape index (κ2) is 4.44. The second-order valence-corrected chi connectivity index (χ2v) is 4.01. The number of aliphatic carboxylic acids is 1. The Hall–Kier alpha value is -1.36. The molecule has 5 nitrogen and oxygen atoms in total. The van der Waals surface area contributed by atoms with E-state index in [0.717, 1.165) is 5.69 Å². The van der Waals surface area contributed by atoms with Crippen molar-refractivity contribution in [3.05, 3.63) is 18.0 Å². The smallest absolute Gasteiger partial charge is 0.321 e. The lowest BCUT2D eigenvalue weighted by Crippen LogP contribution is -2.39. The maximum Gasteiger partial charge on any atom is 0.321 e. The molecule has 1 heterocycles. The fourth-order valence-corrected chi connectivity index (χ4v) is 1.80. The van der Waals surface area contributed by atoms with Gasteiger partial charge in [0.25, 0.3) is 0 Å². The van der Waals surface area contributed by atoms with Crippen LogP contribution in [-0.4, -0.2) is 26.9 Å². The van der Waals surface area contributed by atoms with Gasteiger partial charge in [-0.1, -0.05) is 13.8 Å². The Morgan fingerprint density at radius 1 is 1.60 bits per heavy atom. The van der Waals surface area contributed by atoms with E-state index in [0.29, 0.717) is 0 Å². The average Bonchev–Trinajstić information content (AvgIpc) is 2.52. The highest BCUT2D eigenvalue weighted by Gasteiger charge is 2.30. The maximum atomic E-state index is 10.9. The molecule has 0 spiro atoms. The van der Waals surface area contributed by atoms with Crippen LogP contribution in [0.1, 0.15) is 25.5 Å². The minimum Gasteiger partial charge on any atom is -0.480 e. The van der Waals surface area contributed by atoms with Crippen LogP contribution in [0.15, 0.2) is 12.3 Å². The first-order chi connectivity index (χ1) is 6.95. The molecule has 1 rings (SSSR count). The highest BCUT2D eigenvalue weighted by atomic mass is 16.4. The molecule has 1 aromatic heterocycles. The zero-order valence-corrected chi connectivity index (χ0v) is 9.21. The second-order valence-electron chi connectivity index (χ2n) is 4.01. The summed E-state index contributed by atoms with van der Waals surface area (Å²) in [6.07, 6.45) is 1.65. The fraction of sp³-hybridized carbons (Fsp3) is 0.600. The van der Waals surface area contributed by atoms with Crippen LogP contribution in [0.2, 0.25) is 0 Å². The molecule has 84 valence electrons. The molecule has 0 saturated heterocycles. The highest BCUT2D eigenvalue weighted by molar-refractivity contribution is 5.74. The van der Waals surface area contributed by atoms with Gasteiger partial charge in [-0.2, -0.15) is 5.10 Å². The van der Waals surface area contributed by atoms with Crippen molar-refractivity contribution < 1.29 is 9.90 Å². The number of carboxylic acid groups (broad SMARTS) is 1. The van der Waals surface area contributed by atoms with Gasteiger partial charge in [0.1, 0.15) is 6.04 Å². The van der Waals surface area contributed by atoms with Gasteiger partial charge >= 0.3 is 5.97 Å². The van der Waals surface area contributed by atoms with Crippen LogP contribution in [0.3, 0.4) is 0 Å². The lowest BCUT2D eigenvalue weighted by atomic mass is 9.86. The van der Waals surface area contributed by atoms with Crippen molar-refractivity contribution in [1.82, 2.24) is 9.78 Å². The van der Waals surface area contributed by atoms with E-state index in [-0.39, 0.29) is 11.8 Å². The molecule has 0 aliphatic heterocycles. The summed E-state index contributed by atoms with van der Waals surface area (Å²) in [5.41, 5.74) is 6.54. The Kier molecular flexibility index (Phi) is 3.47. The molecule has 2 atom stereocenters. The normalized spacial score (nSPS) is 15.3. The van der Waals surface area contributed by atoms with Crippen molar-refractivity contribution >= 4 is 5.97 Å². The molecule has 5 heteroatoms. The fourth-order valence-electron chi connectivity index (χ4n) is 1.80. The number of carboxylic acids is 1. The molecule has 0 aliphatic carbocycles. The Bertz CT molecular complexity index is 346. The molecule has 0 saturated carbocycles. The van der Waals surface area contributed by atoms with Crippen LogP contribution >= 0.6 is 0 Å². The quantitative estimate of drug-likeness (QED) is 0.763. The van der Waals surface area contributed by atoms with E-state index < -0.39 is 12.0 Å². The van der Waals surface area contributed by atoms with Gasteiger partial charge in [-0.25, -0.2) is 0 Å². The van der Waals surface area contributed by atoms with Crippen molar-refractivity contribution in [2.75, 3.05) is 0 Å². The van der Waals surface area contributed by atoms with Crippen LogP contribution in [0.5, 0.6) is 0 Å². The lowest BCUT2D eigenvalue weighted by molar-refractivity contribution is -0.139. The first-order valence-corrected chi connectivity index (χ1v) is 4.91. The summed E-state index contributed by atoms with van der Waals surface area (Å²) in [5, 5.41) is 13.0. The van der Waals surface area contributed by atoms with Crippen molar-refractivity contribution in [1.29, 1.82) is 0 Å². The monoisotopic (exact) mass is 211 g/mol.